The number of hydrogen-bond donors (Lipinski definition) is 2. The maximum Gasteiger partial charge on any atom is 0.252 e. The van der Waals surface area contributed by atoms with Gasteiger partial charge in [-0.1, -0.05) is 17.7 Å². The highest BCUT2D eigenvalue weighted by molar-refractivity contribution is 5.64. The van der Waals surface area contributed by atoms with Crippen molar-refractivity contribution in [1.29, 1.82) is 0 Å². The minimum Gasteiger partial charge on any atom is -0.497 e. The molecule has 2 N–H and O–H groups in total. The molecular weight excluding hydrogens is 302 g/mol. The Labute approximate surface area is 140 Å². The Balaban J connectivity index is 1.95. The normalized spacial score (nSPS) is 10.5. The zero-order chi connectivity index (χ0) is 17.1. The van der Waals surface area contributed by atoms with E-state index in [0.29, 0.717) is 11.6 Å². The van der Waals surface area contributed by atoms with E-state index in [2.05, 4.69) is 21.4 Å². The molecular formula is C19H19N3O2. The fourth-order valence-electron chi connectivity index (χ4n) is 2.51. The molecule has 3 aromatic rings. The van der Waals surface area contributed by atoms with Crippen LogP contribution < -0.4 is 15.6 Å². The van der Waals surface area contributed by atoms with Gasteiger partial charge in [0.15, 0.2) is 0 Å². The SMILES string of the molecule is COc1ccc(-c2cc(=O)[nH]c(Nc3ccc(C)cc3C)n2)cc1. The van der Waals surface area contributed by atoms with Crippen LogP contribution in [0.15, 0.2) is 53.3 Å². The number of nitrogens with zero attached hydrogens (tertiary/aromatic N) is 1. The standard InChI is InChI=1S/C19H19N3O2/c1-12-4-9-16(13(2)10-12)20-19-21-17(11-18(23)22-19)14-5-7-15(24-3)8-6-14/h4-11H,1-3H3,(H2,20,21,22,23). The number of nitrogens with one attached hydrogen (secondary N) is 2. The predicted octanol–water partition coefficient (Wildman–Crippen LogP) is 3.81. The molecule has 24 heavy (non-hydrogen) atoms. The smallest absolute Gasteiger partial charge is 0.252 e. The summed E-state index contributed by atoms with van der Waals surface area (Å²) < 4.78 is 5.15. The first kappa shape index (κ1) is 15.8. The first-order chi connectivity index (χ1) is 11.5. The van der Waals surface area contributed by atoms with Crippen molar-refractivity contribution >= 4 is 11.6 Å². The van der Waals surface area contributed by atoms with E-state index >= 15 is 0 Å². The maximum atomic E-state index is 12.0. The van der Waals surface area contributed by atoms with Crippen LogP contribution in [0, 0.1) is 13.8 Å². The number of aromatic nitrogens is 2. The lowest BCUT2D eigenvalue weighted by molar-refractivity contribution is 0.415. The molecule has 1 aromatic heterocycles. The van der Waals surface area contributed by atoms with Crippen LogP contribution in [0.5, 0.6) is 5.75 Å². The second-order valence-electron chi connectivity index (χ2n) is 5.65. The highest BCUT2D eigenvalue weighted by Gasteiger charge is 2.06. The van der Waals surface area contributed by atoms with Crippen molar-refractivity contribution in [2.45, 2.75) is 13.8 Å². The summed E-state index contributed by atoms with van der Waals surface area (Å²) in [6, 6.07) is 15.0. The van der Waals surface area contributed by atoms with Crippen LogP contribution in [-0.4, -0.2) is 17.1 Å². The summed E-state index contributed by atoms with van der Waals surface area (Å²) in [6.07, 6.45) is 0. The van der Waals surface area contributed by atoms with Crippen LogP contribution >= 0.6 is 0 Å². The molecule has 0 fully saturated rings. The largest absolute Gasteiger partial charge is 0.497 e. The van der Waals surface area contributed by atoms with Gasteiger partial charge in [-0.15, -0.1) is 0 Å². The fraction of sp³-hybridized carbons (Fsp3) is 0.158. The monoisotopic (exact) mass is 321 g/mol. The van der Waals surface area contributed by atoms with Crippen LogP contribution in [0.4, 0.5) is 11.6 Å². The van der Waals surface area contributed by atoms with Crippen LogP contribution in [0.25, 0.3) is 11.3 Å². The second-order valence-corrected chi connectivity index (χ2v) is 5.65. The fourth-order valence-corrected chi connectivity index (χ4v) is 2.51. The van der Waals surface area contributed by atoms with Gasteiger partial charge in [-0.25, -0.2) is 4.98 Å². The van der Waals surface area contributed by atoms with Gasteiger partial charge < -0.3 is 10.1 Å². The van der Waals surface area contributed by atoms with Crippen LogP contribution in [0.1, 0.15) is 11.1 Å². The Bertz CT molecular complexity index is 915. The lowest BCUT2D eigenvalue weighted by Crippen LogP contribution is -2.11. The molecule has 5 nitrogen and oxygen atoms in total. The summed E-state index contributed by atoms with van der Waals surface area (Å²) in [7, 11) is 1.62. The Morgan fingerprint density at radius 3 is 2.46 bits per heavy atom. The molecule has 0 unspecified atom stereocenters. The first-order valence-corrected chi connectivity index (χ1v) is 7.65. The number of rotatable bonds is 4. The molecule has 0 saturated carbocycles. The average Bonchev–Trinajstić information content (AvgIpc) is 2.57. The first-order valence-electron chi connectivity index (χ1n) is 7.65. The molecule has 0 aliphatic heterocycles. The van der Waals surface area contributed by atoms with Gasteiger partial charge in [-0.05, 0) is 49.7 Å². The summed E-state index contributed by atoms with van der Waals surface area (Å²) >= 11 is 0. The third kappa shape index (κ3) is 3.46. The van der Waals surface area contributed by atoms with Gasteiger partial charge in [0.25, 0.3) is 5.56 Å². The zero-order valence-corrected chi connectivity index (χ0v) is 13.9. The Kier molecular flexibility index (Phi) is 4.33. The highest BCUT2D eigenvalue weighted by atomic mass is 16.5. The van der Waals surface area contributed by atoms with E-state index in [4.69, 9.17) is 4.74 Å². The van der Waals surface area contributed by atoms with Gasteiger partial charge in [-0.2, -0.15) is 0 Å². The Morgan fingerprint density at radius 1 is 1.04 bits per heavy atom. The maximum absolute atomic E-state index is 12.0. The van der Waals surface area contributed by atoms with Crippen LogP contribution in [0.3, 0.4) is 0 Å². The van der Waals surface area contributed by atoms with Gasteiger partial charge in [-0.3, -0.25) is 9.78 Å². The van der Waals surface area contributed by atoms with Crippen molar-refractivity contribution in [2.75, 3.05) is 12.4 Å². The molecule has 0 atom stereocenters. The summed E-state index contributed by atoms with van der Waals surface area (Å²) in [4.78, 5) is 19.2. The van der Waals surface area contributed by atoms with E-state index in [1.807, 2.05) is 50.2 Å². The Hall–Kier alpha value is -3.08. The topological polar surface area (TPSA) is 67.0 Å². The lowest BCUT2D eigenvalue weighted by Gasteiger charge is -2.10. The minimum absolute atomic E-state index is 0.205. The van der Waals surface area contributed by atoms with Crippen molar-refractivity contribution in [2.24, 2.45) is 0 Å². The number of H-pyrrole nitrogens is 1. The molecule has 0 aliphatic rings. The molecule has 122 valence electrons. The summed E-state index contributed by atoms with van der Waals surface area (Å²) in [5.41, 5.74) is 4.44. The number of methoxy groups -OCH3 is 1. The van der Waals surface area contributed by atoms with Crippen molar-refractivity contribution in [3.05, 3.63) is 70.0 Å². The number of aryl methyl sites for hydroxylation is 2. The van der Waals surface area contributed by atoms with E-state index in [1.54, 1.807) is 7.11 Å². The van der Waals surface area contributed by atoms with E-state index in [1.165, 1.54) is 11.6 Å². The van der Waals surface area contributed by atoms with Crippen LogP contribution in [0.2, 0.25) is 0 Å². The number of aromatic amines is 1. The van der Waals surface area contributed by atoms with Gasteiger partial charge in [0.1, 0.15) is 5.75 Å². The molecule has 1 heterocycles. The van der Waals surface area contributed by atoms with Gasteiger partial charge in [0.05, 0.1) is 12.8 Å². The zero-order valence-electron chi connectivity index (χ0n) is 13.9. The molecule has 5 heteroatoms. The third-order valence-corrected chi connectivity index (χ3v) is 3.76. The van der Waals surface area contributed by atoms with Crippen LogP contribution in [-0.2, 0) is 0 Å². The average molecular weight is 321 g/mol. The molecule has 2 aromatic carbocycles. The predicted molar refractivity (Wildman–Crippen MR) is 96.0 cm³/mol. The Morgan fingerprint density at radius 2 is 1.79 bits per heavy atom. The quantitative estimate of drug-likeness (QED) is 0.767. The van der Waals surface area contributed by atoms with E-state index in [-0.39, 0.29) is 5.56 Å². The molecule has 0 saturated heterocycles. The number of hydrogen-bond acceptors (Lipinski definition) is 4. The van der Waals surface area contributed by atoms with Crippen molar-refractivity contribution in [3.63, 3.8) is 0 Å². The molecule has 0 spiro atoms. The van der Waals surface area contributed by atoms with E-state index < -0.39 is 0 Å². The number of benzene rings is 2. The third-order valence-electron chi connectivity index (χ3n) is 3.76. The van der Waals surface area contributed by atoms with Crippen molar-refractivity contribution in [3.8, 4) is 17.0 Å². The summed E-state index contributed by atoms with van der Waals surface area (Å²) in [5, 5.41) is 3.18. The van der Waals surface area contributed by atoms with Gasteiger partial charge in [0, 0.05) is 17.3 Å². The highest BCUT2D eigenvalue weighted by Crippen LogP contribution is 2.22. The van der Waals surface area contributed by atoms with E-state index in [9.17, 15) is 4.79 Å². The lowest BCUT2D eigenvalue weighted by atomic mass is 10.1. The second kappa shape index (κ2) is 6.58. The molecule has 0 radical (unpaired) electrons. The molecule has 0 amide bonds. The summed E-state index contributed by atoms with van der Waals surface area (Å²) in [5.74, 6) is 1.18. The molecule has 0 bridgehead atoms. The number of anilines is 2. The van der Waals surface area contributed by atoms with Crippen molar-refractivity contribution in [1.82, 2.24) is 9.97 Å². The van der Waals surface area contributed by atoms with E-state index in [0.717, 1.165) is 22.6 Å². The number of ether oxygens (including phenoxy) is 1. The summed E-state index contributed by atoms with van der Waals surface area (Å²) in [6.45, 7) is 4.06. The molecule has 0 aliphatic carbocycles. The molecule has 3 rings (SSSR count). The van der Waals surface area contributed by atoms with Gasteiger partial charge >= 0.3 is 0 Å². The minimum atomic E-state index is -0.205. The van der Waals surface area contributed by atoms with Crippen molar-refractivity contribution < 1.29 is 4.74 Å². The van der Waals surface area contributed by atoms with Gasteiger partial charge in [0.2, 0.25) is 5.95 Å².